The minimum atomic E-state index is -0.820. The number of carboxylic acid groups (broad SMARTS) is 1. The highest BCUT2D eigenvalue weighted by molar-refractivity contribution is 5.95. The molecule has 1 aromatic heterocycles. The third-order valence-corrected chi connectivity index (χ3v) is 3.45. The fraction of sp³-hybridized carbons (Fsp3) is 0.333. The number of nitrogens with one attached hydrogen (secondary N) is 1. The molecule has 0 radical (unpaired) electrons. The molecule has 0 atom stereocenters. The van der Waals surface area contributed by atoms with Gasteiger partial charge in [-0.1, -0.05) is 18.2 Å². The Bertz CT molecular complexity index is 648. The number of hydrogen-bond donors (Lipinski definition) is 2. The number of rotatable bonds is 4. The van der Waals surface area contributed by atoms with Crippen molar-refractivity contribution in [2.24, 2.45) is 0 Å². The zero-order chi connectivity index (χ0) is 13.4. The van der Waals surface area contributed by atoms with Crippen molar-refractivity contribution in [2.75, 3.05) is 5.32 Å². The summed E-state index contributed by atoms with van der Waals surface area (Å²) in [5.41, 5.74) is 3.47. The summed E-state index contributed by atoms with van der Waals surface area (Å²) in [4.78, 5) is 15.6. The standard InChI is InChI=1S/C15H16N2O2/c1-9-12(8-14(18)19)15(17-10-6-7-10)11-4-2-3-5-13(11)16-9/h2-5,10H,6-8H2,1H3,(H,16,17)(H,18,19). The number of para-hydroxylation sites is 1. The monoisotopic (exact) mass is 256 g/mol. The molecule has 4 heteroatoms. The molecule has 3 rings (SSSR count). The third kappa shape index (κ3) is 2.38. The predicted molar refractivity (Wildman–Crippen MR) is 74.5 cm³/mol. The number of pyridine rings is 1. The number of carboxylic acids is 1. The van der Waals surface area contributed by atoms with Crippen LogP contribution in [0.2, 0.25) is 0 Å². The molecule has 1 heterocycles. The maximum Gasteiger partial charge on any atom is 0.307 e. The predicted octanol–water partition coefficient (Wildman–Crippen LogP) is 2.74. The van der Waals surface area contributed by atoms with Crippen LogP contribution < -0.4 is 5.32 Å². The maximum atomic E-state index is 11.1. The van der Waals surface area contributed by atoms with Crippen molar-refractivity contribution in [1.29, 1.82) is 0 Å². The minimum absolute atomic E-state index is 0.0126. The Kier molecular flexibility index (Phi) is 2.85. The van der Waals surface area contributed by atoms with Gasteiger partial charge in [0, 0.05) is 28.4 Å². The highest BCUT2D eigenvalue weighted by atomic mass is 16.4. The van der Waals surface area contributed by atoms with Crippen molar-refractivity contribution >= 4 is 22.6 Å². The van der Waals surface area contributed by atoms with Gasteiger partial charge in [0.2, 0.25) is 0 Å². The van der Waals surface area contributed by atoms with Gasteiger partial charge in [-0.3, -0.25) is 9.78 Å². The summed E-state index contributed by atoms with van der Waals surface area (Å²) in [5, 5.41) is 13.6. The van der Waals surface area contributed by atoms with Crippen LogP contribution in [0.5, 0.6) is 0 Å². The lowest BCUT2D eigenvalue weighted by Gasteiger charge is -2.15. The van der Waals surface area contributed by atoms with Crippen LogP contribution >= 0.6 is 0 Å². The van der Waals surface area contributed by atoms with Crippen molar-refractivity contribution in [1.82, 2.24) is 4.98 Å². The number of aromatic nitrogens is 1. The van der Waals surface area contributed by atoms with Gasteiger partial charge >= 0.3 is 5.97 Å². The molecule has 0 saturated heterocycles. The Balaban J connectivity index is 2.19. The number of nitrogens with zero attached hydrogens (tertiary/aromatic N) is 1. The first-order chi connectivity index (χ1) is 9.15. The van der Waals surface area contributed by atoms with E-state index in [2.05, 4.69) is 10.3 Å². The second-order valence-corrected chi connectivity index (χ2v) is 5.06. The summed E-state index contributed by atoms with van der Waals surface area (Å²) in [6.45, 7) is 1.88. The summed E-state index contributed by atoms with van der Waals surface area (Å²) in [5.74, 6) is -0.820. The molecule has 0 amide bonds. The van der Waals surface area contributed by atoms with Gasteiger partial charge in [-0.05, 0) is 25.8 Å². The molecule has 2 N–H and O–H groups in total. The molecule has 2 aromatic rings. The molecule has 1 aromatic carbocycles. The van der Waals surface area contributed by atoms with Crippen LogP contribution in [0.4, 0.5) is 5.69 Å². The van der Waals surface area contributed by atoms with Crippen molar-refractivity contribution < 1.29 is 9.90 Å². The normalized spacial score (nSPS) is 14.6. The van der Waals surface area contributed by atoms with E-state index < -0.39 is 5.97 Å². The van der Waals surface area contributed by atoms with Crippen molar-refractivity contribution in [2.45, 2.75) is 32.2 Å². The summed E-state index contributed by atoms with van der Waals surface area (Å²) in [7, 11) is 0. The smallest absolute Gasteiger partial charge is 0.307 e. The molecule has 0 unspecified atom stereocenters. The number of fused-ring (bicyclic) bond motifs is 1. The lowest BCUT2D eigenvalue weighted by atomic mass is 10.0. The topological polar surface area (TPSA) is 62.2 Å². The largest absolute Gasteiger partial charge is 0.481 e. The maximum absolute atomic E-state index is 11.1. The fourth-order valence-electron chi connectivity index (χ4n) is 2.34. The number of carbonyl (C=O) groups is 1. The lowest BCUT2D eigenvalue weighted by molar-refractivity contribution is -0.136. The Morgan fingerprint density at radius 3 is 2.84 bits per heavy atom. The van der Waals surface area contributed by atoms with Gasteiger partial charge < -0.3 is 10.4 Å². The van der Waals surface area contributed by atoms with Crippen LogP contribution in [-0.2, 0) is 11.2 Å². The average Bonchev–Trinajstić information content (AvgIpc) is 3.17. The first-order valence-electron chi connectivity index (χ1n) is 6.51. The van der Waals surface area contributed by atoms with Crippen LogP contribution in [0.1, 0.15) is 24.1 Å². The Labute approximate surface area is 111 Å². The first-order valence-corrected chi connectivity index (χ1v) is 6.51. The van der Waals surface area contributed by atoms with Gasteiger partial charge in [0.1, 0.15) is 0 Å². The van der Waals surface area contributed by atoms with Crippen molar-refractivity contribution in [3.05, 3.63) is 35.5 Å². The van der Waals surface area contributed by atoms with E-state index in [1.807, 2.05) is 31.2 Å². The van der Waals surface area contributed by atoms with Crippen molar-refractivity contribution in [3.8, 4) is 0 Å². The summed E-state index contributed by atoms with van der Waals surface area (Å²) in [6.07, 6.45) is 2.32. The van der Waals surface area contributed by atoms with Gasteiger partial charge in [0.05, 0.1) is 11.9 Å². The van der Waals surface area contributed by atoms with Crippen LogP contribution in [0, 0.1) is 6.92 Å². The van der Waals surface area contributed by atoms with E-state index in [9.17, 15) is 4.79 Å². The Morgan fingerprint density at radius 1 is 1.42 bits per heavy atom. The molecule has 98 valence electrons. The average molecular weight is 256 g/mol. The van der Waals surface area contributed by atoms with Crippen LogP contribution in [0.3, 0.4) is 0 Å². The summed E-state index contributed by atoms with van der Waals surface area (Å²) < 4.78 is 0. The number of benzene rings is 1. The molecule has 4 nitrogen and oxygen atoms in total. The van der Waals surface area contributed by atoms with Gasteiger partial charge in [-0.15, -0.1) is 0 Å². The van der Waals surface area contributed by atoms with Gasteiger partial charge in [-0.25, -0.2) is 0 Å². The van der Waals surface area contributed by atoms with Gasteiger partial charge in [0.15, 0.2) is 0 Å². The van der Waals surface area contributed by atoms with Gasteiger partial charge in [0.25, 0.3) is 0 Å². The highest BCUT2D eigenvalue weighted by Crippen LogP contribution is 2.33. The zero-order valence-corrected chi connectivity index (χ0v) is 10.8. The molecule has 0 bridgehead atoms. The molecular formula is C15H16N2O2. The molecule has 1 fully saturated rings. The van der Waals surface area contributed by atoms with E-state index in [4.69, 9.17) is 5.11 Å². The van der Waals surface area contributed by atoms with E-state index >= 15 is 0 Å². The first kappa shape index (κ1) is 12.0. The lowest BCUT2D eigenvalue weighted by Crippen LogP contribution is -2.11. The number of aliphatic carboxylic acids is 1. The Morgan fingerprint density at radius 2 is 2.16 bits per heavy atom. The van der Waals surface area contributed by atoms with E-state index in [0.717, 1.165) is 40.7 Å². The highest BCUT2D eigenvalue weighted by Gasteiger charge is 2.24. The number of anilines is 1. The van der Waals surface area contributed by atoms with E-state index in [1.165, 1.54) is 0 Å². The minimum Gasteiger partial charge on any atom is -0.481 e. The summed E-state index contributed by atoms with van der Waals surface area (Å²) in [6, 6.07) is 8.36. The quantitative estimate of drug-likeness (QED) is 0.883. The molecule has 1 aliphatic carbocycles. The SMILES string of the molecule is Cc1nc2ccccc2c(NC2CC2)c1CC(=O)O. The second kappa shape index (κ2) is 4.53. The van der Waals surface area contributed by atoms with E-state index in [1.54, 1.807) is 0 Å². The van der Waals surface area contributed by atoms with Gasteiger partial charge in [-0.2, -0.15) is 0 Å². The van der Waals surface area contributed by atoms with Crippen LogP contribution in [0.25, 0.3) is 10.9 Å². The second-order valence-electron chi connectivity index (χ2n) is 5.06. The third-order valence-electron chi connectivity index (χ3n) is 3.45. The van der Waals surface area contributed by atoms with Crippen LogP contribution in [-0.4, -0.2) is 22.1 Å². The number of hydrogen-bond acceptors (Lipinski definition) is 3. The summed E-state index contributed by atoms with van der Waals surface area (Å²) >= 11 is 0. The van der Waals surface area contributed by atoms with E-state index in [-0.39, 0.29) is 6.42 Å². The van der Waals surface area contributed by atoms with E-state index in [0.29, 0.717) is 6.04 Å². The zero-order valence-electron chi connectivity index (χ0n) is 10.8. The molecule has 0 spiro atoms. The Hall–Kier alpha value is -2.10. The molecule has 1 saturated carbocycles. The van der Waals surface area contributed by atoms with Crippen molar-refractivity contribution in [3.63, 3.8) is 0 Å². The molecular weight excluding hydrogens is 240 g/mol. The number of aryl methyl sites for hydroxylation is 1. The fourth-order valence-corrected chi connectivity index (χ4v) is 2.34. The molecule has 0 aliphatic heterocycles. The molecule has 1 aliphatic rings. The molecule has 19 heavy (non-hydrogen) atoms. The van der Waals surface area contributed by atoms with Crippen LogP contribution in [0.15, 0.2) is 24.3 Å².